The van der Waals surface area contributed by atoms with E-state index in [1.165, 1.54) is 26.8 Å². The van der Waals surface area contributed by atoms with Crippen LogP contribution in [0.5, 0.6) is 0 Å². The fourth-order valence-corrected chi connectivity index (χ4v) is 19.2. The number of nitrogens with one attached hydrogen (secondary N) is 3. The monoisotopic (exact) mass is 1950 g/mol. The number of piperidine rings is 1. The van der Waals surface area contributed by atoms with E-state index < -0.39 is 29.8 Å². The first-order chi connectivity index (χ1) is 63.2. The number of benzene rings is 11. The van der Waals surface area contributed by atoms with Gasteiger partial charge in [0.2, 0.25) is 5.91 Å². The molecule has 11 aromatic carbocycles. The number of halogens is 9. The second kappa shape index (κ2) is 39.9. The number of hydrogen-bond donors (Lipinski definition) is 8. The highest BCUT2D eigenvalue weighted by atomic mass is 35.5. The number of ether oxygens (including phenoxy) is 1. The van der Waals surface area contributed by atoms with Crippen molar-refractivity contribution in [1.82, 2.24) is 28.2 Å². The lowest BCUT2D eigenvalue weighted by Gasteiger charge is -2.25. The van der Waals surface area contributed by atoms with E-state index in [9.17, 15) is 73.6 Å². The van der Waals surface area contributed by atoms with Gasteiger partial charge in [0, 0.05) is 108 Å². The van der Waals surface area contributed by atoms with Crippen LogP contribution in [0, 0.1) is 11.3 Å². The number of rotatable bonds is 16. The molecular formula is C97H78Cl9N11O15. The minimum Gasteiger partial charge on any atom is -0.480 e. The van der Waals surface area contributed by atoms with E-state index in [-0.39, 0.29) is 123 Å². The Hall–Kier alpha value is -12.5. The van der Waals surface area contributed by atoms with Crippen LogP contribution in [0.15, 0.2) is 206 Å². The third-order valence-electron chi connectivity index (χ3n) is 23.3. The molecule has 19 rings (SSSR count). The number of carbonyl (C=O) groups excluding carboxylic acids is 1. The molecule has 0 aliphatic carbocycles. The zero-order valence-electron chi connectivity index (χ0n) is 70.0. The zero-order chi connectivity index (χ0) is 94.1. The van der Waals surface area contributed by atoms with Gasteiger partial charge in [-0.3, -0.25) is 47.9 Å². The van der Waals surface area contributed by atoms with Crippen molar-refractivity contribution >= 4 is 266 Å². The second-order valence-corrected chi connectivity index (χ2v) is 35.4. The summed E-state index contributed by atoms with van der Waals surface area (Å²) in [6.45, 7) is 6.70. The van der Waals surface area contributed by atoms with Crippen molar-refractivity contribution in [2.45, 2.75) is 96.7 Å². The topological polar surface area (TPSA) is 375 Å². The molecule has 674 valence electrons. The summed E-state index contributed by atoms with van der Waals surface area (Å²) in [6, 6.07) is 55.0. The number of amides is 1. The third kappa shape index (κ3) is 19.0. The Bertz CT molecular complexity index is 7700. The molecule has 9 N–H and O–H groups in total. The number of pyridine rings is 5. The zero-order valence-corrected chi connectivity index (χ0v) is 76.9. The summed E-state index contributed by atoms with van der Waals surface area (Å²) in [5.41, 5.74) is 14.8. The fourth-order valence-electron chi connectivity index (χ4n) is 17.2. The molecule has 2 fully saturated rings. The first-order valence-corrected chi connectivity index (χ1v) is 44.9. The molecule has 8 heterocycles. The number of aromatic nitrogens is 5. The van der Waals surface area contributed by atoms with Crippen LogP contribution >= 0.6 is 104 Å². The van der Waals surface area contributed by atoms with Gasteiger partial charge in [0.15, 0.2) is 27.1 Å². The van der Waals surface area contributed by atoms with Crippen molar-refractivity contribution < 1.29 is 49.1 Å². The SMILES string of the molecule is CC(C)c1ccc2c(=O)c3ccc(C#N)c(Cl)c3n(CC(=O)O)c2c1.NC(=O)Cn1c2ccccc2c(=O)c2ccc(Cl)c(Cl)c21.O=C(O)Cn1c2cc(N3CCc4ccccc43)ccc2c(=O)c2ccc(Cl)c(Cl)c21.O=C(O)Cn1c2cc(NC3CCNCC3)ccc2c(=O)c2ccc(Cl)c(Cl)c21.O=C(O)Cn1c2cc(NC3CCOCC3)ccc2c(=O)c2ccc(Cl)c(Cl)c21. The molecule has 16 aromatic rings. The van der Waals surface area contributed by atoms with Gasteiger partial charge < -0.3 is 74.6 Å². The Morgan fingerprint density at radius 3 is 1.20 bits per heavy atom. The van der Waals surface area contributed by atoms with E-state index in [0.29, 0.717) is 128 Å². The summed E-state index contributed by atoms with van der Waals surface area (Å²) in [7, 11) is 0. The van der Waals surface area contributed by atoms with Crippen molar-refractivity contribution in [3.8, 4) is 6.07 Å². The summed E-state index contributed by atoms with van der Waals surface area (Å²) in [4.78, 5) is 124. The quantitative estimate of drug-likeness (QED) is 0.0417. The molecule has 132 heavy (non-hydrogen) atoms. The number of anilines is 4. The van der Waals surface area contributed by atoms with Crippen LogP contribution in [0.25, 0.3) is 109 Å². The van der Waals surface area contributed by atoms with E-state index >= 15 is 0 Å². The first kappa shape index (κ1) is 94.2. The lowest BCUT2D eigenvalue weighted by Crippen LogP contribution is -2.35. The minimum atomic E-state index is -1.06. The molecule has 35 heteroatoms. The number of fused-ring (bicyclic) bond motifs is 11. The first-order valence-electron chi connectivity index (χ1n) is 41.4. The Morgan fingerprint density at radius 1 is 0.424 bits per heavy atom. The number of aliphatic carboxylic acids is 4. The number of nitrogens with two attached hydrogens (primary N) is 1. The van der Waals surface area contributed by atoms with Crippen LogP contribution < -0.4 is 53.7 Å². The molecule has 0 spiro atoms. The number of nitrogens with zero attached hydrogens (tertiary/aromatic N) is 7. The summed E-state index contributed by atoms with van der Waals surface area (Å²) in [6.07, 6.45) is 4.70. The van der Waals surface area contributed by atoms with Gasteiger partial charge in [-0.1, -0.05) is 155 Å². The molecule has 0 saturated carbocycles. The molecule has 0 unspecified atom stereocenters. The molecule has 1 amide bonds. The van der Waals surface area contributed by atoms with Gasteiger partial charge in [0.1, 0.15) is 38.8 Å². The second-order valence-electron chi connectivity index (χ2n) is 31.9. The maximum absolute atomic E-state index is 13.1. The maximum Gasteiger partial charge on any atom is 0.323 e. The number of nitriles is 1. The standard InChI is InChI=1S/C23H16Cl2N2O3.C20H19Cl2N3O3.C20H18Cl2N2O4.C19H15ClN2O3.C15H10Cl2N2O2/c24-17-8-7-16-22(21(17)25)27(12-20(28)29)19-11-14(5-6-15(19)23(16)30)26-10-9-13-3-1-2-4-18(13)26;21-15-4-3-14-19(18(15)22)25(10-17(26)27)16-9-12(1-2-13(16)20(14)28)24-11-5-7-23-8-6-11;21-15-4-3-14-19(18(15)22)24(10-17(25)26)16-9-12(1-2-13(16)20(14)27)23-11-5-7-28-8-6-11;1-10(2)11-3-5-13-15(7-11)22(9-16(23)24)18-14(19(13)25)6-4-12(8-21)17(18)20;16-10-6-5-9-14(13(10)17)19(7-12(18)20)11-4-2-1-3-8(11)15(9)21/h1-8,11H,9-10,12H2,(H,28,29);1-4,9,11,23-24H,5-8,10H2,(H,26,27);1-4,9,11,23H,5-8,10H2,(H,25,26);3-7,10H,9H2,1-2H3,(H,23,24);1-6H,7H2,(H2,18,20). The average molecular weight is 1960 g/mol. The predicted molar refractivity (Wildman–Crippen MR) is 526 cm³/mol. The molecule has 0 bridgehead atoms. The van der Waals surface area contributed by atoms with E-state index in [2.05, 4.69) is 33.0 Å². The number of carboxylic acid groups (broad SMARTS) is 4. The van der Waals surface area contributed by atoms with Gasteiger partial charge in [-0.15, -0.1) is 0 Å². The largest absolute Gasteiger partial charge is 0.480 e. The highest BCUT2D eigenvalue weighted by Gasteiger charge is 2.28. The van der Waals surface area contributed by atoms with Crippen LogP contribution in [0.4, 0.5) is 22.7 Å². The van der Waals surface area contributed by atoms with Gasteiger partial charge in [0.05, 0.1) is 106 Å². The molecule has 3 aliphatic rings. The van der Waals surface area contributed by atoms with Crippen LogP contribution in [0.1, 0.15) is 62.1 Å². The Balaban J connectivity index is 0.000000127. The molecular weight excluding hydrogens is 1880 g/mol. The van der Waals surface area contributed by atoms with Crippen LogP contribution in [0.2, 0.25) is 45.2 Å². The summed E-state index contributed by atoms with van der Waals surface area (Å²) in [5, 5.41) is 63.2. The van der Waals surface area contributed by atoms with Gasteiger partial charge in [0.25, 0.3) is 0 Å². The van der Waals surface area contributed by atoms with Crippen molar-refractivity contribution in [3.05, 3.63) is 295 Å². The lowest BCUT2D eigenvalue weighted by atomic mass is 9.99. The lowest BCUT2D eigenvalue weighted by molar-refractivity contribution is -0.138. The number of para-hydroxylation sites is 2. The van der Waals surface area contributed by atoms with Gasteiger partial charge in [-0.25, -0.2) is 0 Å². The summed E-state index contributed by atoms with van der Waals surface area (Å²) >= 11 is 56.3. The Labute approximate surface area is 794 Å². The van der Waals surface area contributed by atoms with Crippen molar-refractivity contribution in [3.63, 3.8) is 0 Å². The summed E-state index contributed by atoms with van der Waals surface area (Å²) < 4.78 is 13.2. The van der Waals surface area contributed by atoms with Gasteiger partial charge in [-0.2, -0.15) is 5.26 Å². The molecule has 26 nitrogen and oxygen atoms in total. The summed E-state index contributed by atoms with van der Waals surface area (Å²) in [5.74, 6) is -4.46. The molecule has 5 aromatic heterocycles. The van der Waals surface area contributed by atoms with E-state index in [4.69, 9.17) is 115 Å². The van der Waals surface area contributed by atoms with E-state index in [1.807, 2.05) is 74.5 Å². The van der Waals surface area contributed by atoms with Crippen molar-refractivity contribution in [2.24, 2.45) is 5.73 Å². The molecule has 0 radical (unpaired) electrons. The number of primary amides is 1. The molecule has 2 saturated heterocycles. The number of carboxylic acids is 4. The van der Waals surface area contributed by atoms with Crippen molar-refractivity contribution in [2.75, 3.05) is 48.4 Å². The van der Waals surface area contributed by atoms with Crippen LogP contribution in [-0.2, 0) is 67.9 Å². The van der Waals surface area contributed by atoms with Crippen molar-refractivity contribution in [1.29, 1.82) is 5.26 Å². The highest BCUT2D eigenvalue weighted by molar-refractivity contribution is 6.47. The van der Waals surface area contributed by atoms with E-state index in [1.54, 1.807) is 117 Å². The van der Waals surface area contributed by atoms with Gasteiger partial charge >= 0.3 is 23.9 Å². The van der Waals surface area contributed by atoms with Crippen LogP contribution in [0.3, 0.4) is 0 Å². The third-order valence-corrected chi connectivity index (χ3v) is 26.9. The normalized spacial score (nSPS) is 13.3. The van der Waals surface area contributed by atoms with E-state index in [0.717, 1.165) is 80.1 Å². The predicted octanol–water partition coefficient (Wildman–Crippen LogP) is 19.9. The number of hydrogen-bond acceptors (Lipinski definition) is 16. The highest BCUT2D eigenvalue weighted by Crippen LogP contribution is 2.41. The number of carbonyl (C=O) groups is 5. The Kier molecular flexibility index (Phi) is 28.5. The minimum absolute atomic E-state index is 0.0860. The van der Waals surface area contributed by atoms with Crippen LogP contribution in [-0.4, -0.2) is 118 Å². The average Bonchev–Trinajstić information content (AvgIpc) is 0.951. The smallest absolute Gasteiger partial charge is 0.323 e. The van der Waals surface area contributed by atoms with Gasteiger partial charge in [-0.05, 0) is 208 Å². The molecule has 0 atom stereocenters. The molecule has 3 aliphatic heterocycles. The maximum atomic E-state index is 13.1. The fraction of sp³-hybridized carbons (Fsp3) is 0.206. The Morgan fingerprint density at radius 2 is 0.780 bits per heavy atom.